The van der Waals surface area contributed by atoms with Gasteiger partial charge in [-0.25, -0.2) is 0 Å². The summed E-state index contributed by atoms with van der Waals surface area (Å²) in [6.07, 6.45) is 12.7. The molecule has 156 valence electrons. The van der Waals surface area contributed by atoms with Crippen molar-refractivity contribution in [2.45, 2.75) is 71.1 Å². The number of nitrogens with one attached hydrogen (secondary N) is 2. The molecule has 0 fully saturated rings. The molecule has 0 aliphatic heterocycles. The van der Waals surface area contributed by atoms with Gasteiger partial charge in [0.15, 0.2) is 0 Å². The second kappa shape index (κ2) is 18.1. The third-order valence-corrected chi connectivity index (χ3v) is 4.48. The minimum Gasteiger partial charge on any atom is -0.508 e. The quantitative estimate of drug-likeness (QED) is 0.173. The van der Waals surface area contributed by atoms with Crippen LogP contribution in [0.3, 0.4) is 0 Å². The van der Waals surface area contributed by atoms with Crippen molar-refractivity contribution in [1.29, 1.82) is 0 Å². The van der Waals surface area contributed by atoms with E-state index in [1.807, 2.05) is 12.1 Å². The number of phenolic OH excluding ortho intramolecular Hbond substituents is 1. The van der Waals surface area contributed by atoms with Gasteiger partial charge < -0.3 is 19.9 Å². The Morgan fingerprint density at radius 1 is 0.741 bits per heavy atom. The molecule has 1 rings (SSSR count). The lowest BCUT2D eigenvalue weighted by Gasteiger charge is -2.08. The van der Waals surface area contributed by atoms with Crippen LogP contribution in [0.4, 0.5) is 5.69 Å². The Morgan fingerprint density at radius 3 is 2.04 bits per heavy atom. The number of unbranched alkanes of at least 4 members (excludes halogenated alkanes) is 8. The topological polar surface area (TPSA) is 62.8 Å². The first-order valence-electron chi connectivity index (χ1n) is 10.7. The Morgan fingerprint density at radius 2 is 1.33 bits per heavy atom. The zero-order chi connectivity index (χ0) is 19.4. The van der Waals surface area contributed by atoms with Crippen molar-refractivity contribution in [3.63, 3.8) is 0 Å². The minimum absolute atomic E-state index is 0.276. The molecule has 0 amide bonds. The van der Waals surface area contributed by atoms with Crippen LogP contribution in [0.15, 0.2) is 24.3 Å². The summed E-state index contributed by atoms with van der Waals surface area (Å²) in [5.41, 5.74) is 0.952. The van der Waals surface area contributed by atoms with E-state index in [0.717, 1.165) is 44.7 Å². The molecule has 0 atom stereocenters. The van der Waals surface area contributed by atoms with E-state index in [9.17, 15) is 5.11 Å². The van der Waals surface area contributed by atoms with Gasteiger partial charge in [-0.3, -0.25) is 5.32 Å². The van der Waals surface area contributed by atoms with E-state index in [0.29, 0.717) is 13.5 Å². The van der Waals surface area contributed by atoms with E-state index < -0.39 is 0 Å². The fourth-order valence-corrected chi connectivity index (χ4v) is 2.79. The molecule has 1 aromatic rings. The third-order valence-electron chi connectivity index (χ3n) is 4.48. The average Bonchev–Trinajstić information content (AvgIpc) is 2.68. The van der Waals surface area contributed by atoms with E-state index in [4.69, 9.17) is 9.47 Å². The monoisotopic (exact) mass is 380 g/mol. The molecule has 0 aromatic heterocycles. The maximum absolute atomic E-state index is 9.21. The molecule has 1 aromatic carbocycles. The van der Waals surface area contributed by atoms with E-state index in [1.165, 1.54) is 44.9 Å². The van der Waals surface area contributed by atoms with Crippen molar-refractivity contribution < 1.29 is 14.6 Å². The van der Waals surface area contributed by atoms with E-state index >= 15 is 0 Å². The first-order valence-corrected chi connectivity index (χ1v) is 10.7. The van der Waals surface area contributed by atoms with Crippen LogP contribution < -0.4 is 10.6 Å². The number of ether oxygens (including phenoxy) is 2. The second-order valence-electron chi connectivity index (χ2n) is 7.01. The number of benzene rings is 1. The molecule has 5 nitrogen and oxygen atoms in total. The first-order chi connectivity index (χ1) is 13.3. The molecule has 0 radical (unpaired) electrons. The largest absolute Gasteiger partial charge is 0.508 e. The number of aromatic hydroxyl groups is 1. The summed E-state index contributed by atoms with van der Waals surface area (Å²) in [7, 11) is 0. The molecule has 0 unspecified atom stereocenters. The summed E-state index contributed by atoms with van der Waals surface area (Å²) in [5, 5.41) is 15.7. The highest BCUT2D eigenvalue weighted by Crippen LogP contribution is 2.13. The van der Waals surface area contributed by atoms with Gasteiger partial charge in [0.2, 0.25) is 0 Å². The molecule has 0 bridgehead atoms. The van der Waals surface area contributed by atoms with Crippen molar-refractivity contribution in [3.8, 4) is 5.75 Å². The Labute approximate surface area is 165 Å². The van der Waals surface area contributed by atoms with Gasteiger partial charge in [-0.05, 0) is 56.5 Å². The molecule has 0 aliphatic carbocycles. The van der Waals surface area contributed by atoms with Gasteiger partial charge in [-0.1, -0.05) is 45.4 Å². The maximum atomic E-state index is 9.21. The van der Waals surface area contributed by atoms with Gasteiger partial charge in [0.25, 0.3) is 0 Å². The molecule has 0 spiro atoms. The molecular formula is C22H40N2O3. The molecule has 5 heteroatoms. The second-order valence-corrected chi connectivity index (χ2v) is 7.01. The number of hydrogen-bond acceptors (Lipinski definition) is 5. The standard InChI is InChI=1S/C22H40N2O3/c1-2-3-4-5-6-7-10-17-26-19-23-16-9-8-11-18-27-20-24-21-12-14-22(25)15-13-21/h12-15,23-25H,2-11,16-20H2,1H3. The predicted molar refractivity (Wildman–Crippen MR) is 113 cm³/mol. The van der Waals surface area contributed by atoms with Crippen LogP contribution in [0.25, 0.3) is 0 Å². The van der Waals surface area contributed by atoms with Gasteiger partial charge in [0.05, 0.1) is 6.73 Å². The zero-order valence-corrected chi connectivity index (χ0v) is 17.2. The van der Waals surface area contributed by atoms with Crippen LogP contribution in [0.1, 0.15) is 71.1 Å². The molecule has 0 aliphatic rings. The van der Waals surface area contributed by atoms with Gasteiger partial charge in [-0.15, -0.1) is 0 Å². The first kappa shape index (κ1) is 23.7. The smallest absolute Gasteiger partial charge is 0.116 e. The minimum atomic E-state index is 0.276. The van der Waals surface area contributed by atoms with Crippen LogP contribution in [0.5, 0.6) is 5.75 Å². The highest BCUT2D eigenvalue weighted by Gasteiger charge is 1.95. The summed E-state index contributed by atoms with van der Waals surface area (Å²) >= 11 is 0. The lowest BCUT2D eigenvalue weighted by molar-refractivity contribution is 0.112. The zero-order valence-electron chi connectivity index (χ0n) is 17.2. The van der Waals surface area contributed by atoms with Gasteiger partial charge in [0.1, 0.15) is 12.5 Å². The average molecular weight is 381 g/mol. The highest BCUT2D eigenvalue weighted by atomic mass is 16.5. The van der Waals surface area contributed by atoms with Crippen molar-refractivity contribution in [2.24, 2.45) is 0 Å². The van der Waals surface area contributed by atoms with Gasteiger partial charge in [0, 0.05) is 18.9 Å². The summed E-state index contributed by atoms with van der Waals surface area (Å²) < 4.78 is 11.2. The Hall–Kier alpha value is -1.30. The number of hydrogen-bond donors (Lipinski definition) is 3. The van der Waals surface area contributed by atoms with Gasteiger partial charge in [-0.2, -0.15) is 0 Å². The van der Waals surface area contributed by atoms with Crippen molar-refractivity contribution >= 4 is 5.69 Å². The Kier molecular flexibility index (Phi) is 15.9. The third kappa shape index (κ3) is 15.5. The molecule has 0 heterocycles. The van der Waals surface area contributed by atoms with Crippen LogP contribution >= 0.6 is 0 Å². The van der Waals surface area contributed by atoms with Crippen LogP contribution in [0.2, 0.25) is 0 Å². The molecule has 27 heavy (non-hydrogen) atoms. The lowest BCUT2D eigenvalue weighted by atomic mass is 10.1. The van der Waals surface area contributed by atoms with Crippen molar-refractivity contribution in [3.05, 3.63) is 24.3 Å². The molecule has 0 saturated heterocycles. The van der Waals surface area contributed by atoms with Crippen molar-refractivity contribution in [2.75, 3.05) is 38.5 Å². The normalized spacial score (nSPS) is 11.0. The van der Waals surface area contributed by atoms with E-state index in [2.05, 4.69) is 17.6 Å². The summed E-state index contributed by atoms with van der Waals surface area (Å²) in [6, 6.07) is 6.99. The fourth-order valence-electron chi connectivity index (χ4n) is 2.79. The maximum Gasteiger partial charge on any atom is 0.116 e. The van der Waals surface area contributed by atoms with Crippen LogP contribution in [-0.2, 0) is 9.47 Å². The summed E-state index contributed by atoms with van der Waals surface area (Å²) in [4.78, 5) is 0. The van der Waals surface area contributed by atoms with E-state index in [1.54, 1.807) is 12.1 Å². The Balaban J connectivity index is 1.71. The molecular weight excluding hydrogens is 340 g/mol. The highest BCUT2D eigenvalue weighted by molar-refractivity contribution is 5.45. The lowest BCUT2D eigenvalue weighted by Crippen LogP contribution is -2.19. The van der Waals surface area contributed by atoms with Gasteiger partial charge >= 0.3 is 0 Å². The Bertz CT molecular complexity index is 426. The van der Waals surface area contributed by atoms with E-state index in [-0.39, 0.29) is 5.75 Å². The van der Waals surface area contributed by atoms with Crippen LogP contribution in [0, 0.1) is 0 Å². The SMILES string of the molecule is CCCCCCCCCOCNCCCCCOCNc1ccc(O)cc1. The van der Waals surface area contributed by atoms with Crippen LogP contribution in [-0.4, -0.2) is 38.3 Å². The fraction of sp³-hybridized carbons (Fsp3) is 0.727. The number of anilines is 1. The van der Waals surface area contributed by atoms with Crippen molar-refractivity contribution in [1.82, 2.24) is 5.32 Å². The molecule has 3 N–H and O–H groups in total. The summed E-state index contributed by atoms with van der Waals surface area (Å²) in [6.45, 7) is 6.07. The number of rotatable bonds is 19. The molecule has 0 saturated carbocycles. The summed E-state index contributed by atoms with van der Waals surface area (Å²) in [5.74, 6) is 0.276. The predicted octanol–water partition coefficient (Wildman–Crippen LogP) is 5.26. The number of phenols is 1.